The van der Waals surface area contributed by atoms with Crippen molar-refractivity contribution < 1.29 is 44.6 Å². The standard InChI is InChI=1S/C35H26F8N8O2S/c36-17-8-15(30(45)47-11-17)12-50-6-7-52-27-23-26(48-33(49-32(23)50)53-14-34-4-1-5-51(34)13-16(9-34)29(39)40)25(38)22(24(27)35(41,42)43)18-2-3-20(37)28-21(18)19(10-44)31(46)54-28/h2-3,8,11H,1,4-7,9,12-14,46H2,(H2,45,47). The number of nitriles is 1. The Morgan fingerprint density at radius 2 is 1.91 bits per heavy atom. The highest BCUT2D eigenvalue weighted by Gasteiger charge is 2.49. The van der Waals surface area contributed by atoms with Crippen molar-refractivity contribution in [3.63, 3.8) is 0 Å². The highest BCUT2D eigenvalue weighted by Crippen LogP contribution is 2.53. The van der Waals surface area contributed by atoms with E-state index in [9.17, 15) is 18.4 Å². The first-order valence-electron chi connectivity index (χ1n) is 16.4. The predicted octanol–water partition coefficient (Wildman–Crippen LogP) is 7.55. The van der Waals surface area contributed by atoms with Gasteiger partial charge in [-0.25, -0.2) is 18.2 Å². The van der Waals surface area contributed by atoms with Crippen LogP contribution in [0, 0.1) is 28.8 Å². The fraction of sp³-hybridized carbons (Fsp3) is 0.314. The number of hydrogen-bond acceptors (Lipinski definition) is 11. The van der Waals surface area contributed by atoms with E-state index < -0.39 is 81.2 Å². The lowest BCUT2D eigenvalue weighted by Crippen LogP contribution is -2.43. The van der Waals surface area contributed by atoms with Gasteiger partial charge in [0.1, 0.15) is 64.4 Å². The zero-order chi connectivity index (χ0) is 38.3. The molecule has 6 heterocycles. The molecule has 8 rings (SSSR count). The third kappa shape index (κ3) is 5.66. The number of halogens is 8. The minimum atomic E-state index is -5.31. The summed E-state index contributed by atoms with van der Waals surface area (Å²) in [5.41, 5.74) is 7.00. The average Bonchev–Trinajstić information content (AvgIpc) is 3.75. The van der Waals surface area contributed by atoms with E-state index in [2.05, 4.69) is 15.0 Å². The number of benzene rings is 2. The highest BCUT2D eigenvalue weighted by molar-refractivity contribution is 7.23. The fourth-order valence-corrected chi connectivity index (χ4v) is 8.69. The Bertz CT molecular complexity index is 2460. The van der Waals surface area contributed by atoms with Gasteiger partial charge in [-0.3, -0.25) is 4.90 Å². The van der Waals surface area contributed by atoms with Gasteiger partial charge in [0.25, 0.3) is 6.08 Å². The van der Waals surface area contributed by atoms with Crippen LogP contribution in [0.25, 0.3) is 32.1 Å². The Balaban J connectivity index is 1.39. The molecule has 3 aliphatic rings. The number of anilines is 3. The second-order valence-electron chi connectivity index (χ2n) is 13.2. The second-order valence-corrected chi connectivity index (χ2v) is 14.3. The van der Waals surface area contributed by atoms with Gasteiger partial charge >= 0.3 is 12.2 Å². The number of rotatable bonds is 6. The number of ether oxygens (including phenoxy) is 2. The number of thiophene rings is 1. The number of nitrogens with zero attached hydrogens (tertiary/aromatic N) is 6. The molecule has 280 valence electrons. The lowest BCUT2D eigenvalue weighted by atomic mass is 9.91. The van der Waals surface area contributed by atoms with Crippen molar-refractivity contribution in [2.24, 2.45) is 0 Å². The molecule has 4 N–H and O–H groups in total. The molecule has 0 spiro atoms. The largest absolute Gasteiger partial charge is 0.490 e. The molecule has 2 aromatic carbocycles. The molecule has 19 heteroatoms. The first kappa shape index (κ1) is 35.5. The number of aromatic nitrogens is 3. The minimum absolute atomic E-state index is 0.00918. The van der Waals surface area contributed by atoms with Crippen molar-refractivity contribution in [2.75, 3.05) is 49.2 Å². The van der Waals surface area contributed by atoms with Gasteiger partial charge in [0.15, 0.2) is 5.82 Å². The average molecular weight is 775 g/mol. The van der Waals surface area contributed by atoms with Crippen LogP contribution in [-0.2, 0) is 12.7 Å². The van der Waals surface area contributed by atoms with Crippen LogP contribution < -0.4 is 25.8 Å². The van der Waals surface area contributed by atoms with Gasteiger partial charge in [0.2, 0.25) is 0 Å². The van der Waals surface area contributed by atoms with Crippen LogP contribution in [-0.4, -0.2) is 58.2 Å². The molecule has 0 bridgehead atoms. The molecule has 5 aromatic rings. The van der Waals surface area contributed by atoms with Gasteiger partial charge in [-0.05, 0) is 43.5 Å². The smallest absolute Gasteiger partial charge is 0.420 e. The van der Waals surface area contributed by atoms with E-state index in [0.29, 0.717) is 30.7 Å². The Kier molecular flexibility index (Phi) is 8.45. The van der Waals surface area contributed by atoms with Gasteiger partial charge in [0.05, 0.1) is 33.9 Å². The van der Waals surface area contributed by atoms with E-state index in [4.69, 9.17) is 20.9 Å². The summed E-state index contributed by atoms with van der Waals surface area (Å²) >= 11 is 0.619. The van der Waals surface area contributed by atoms with E-state index in [0.717, 1.165) is 24.4 Å². The fourth-order valence-electron chi connectivity index (χ4n) is 7.74. The van der Waals surface area contributed by atoms with E-state index in [1.54, 1.807) is 6.07 Å². The summed E-state index contributed by atoms with van der Waals surface area (Å²) in [5, 5.41) is 8.85. The normalized spacial score (nSPS) is 18.6. The maximum Gasteiger partial charge on any atom is 0.420 e. The molecule has 1 atom stereocenters. The monoisotopic (exact) mass is 774 g/mol. The molecular formula is C35H26F8N8O2S. The molecule has 0 amide bonds. The van der Waals surface area contributed by atoms with Crippen LogP contribution >= 0.6 is 11.3 Å². The highest BCUT2D eigenvalue weighted by atomic mass is 32.1. The summed E-state index contributed by atoms with van der Waals surface area (Å²) in [4.78, 5) is 15.7. The van der Waals surface area contributed by atoms with Gasteiger partial charge in [-0.2, -0.15) is 37.2 Å². The first-order valence-corrected chi connectivity index (χ1v) is 17.3. The summed E-state index contributed by atoms with van der Waals surface area (Å²) in [6.45, 7) is -0.540. The van der Waals surface area contributed by atoms with E-state index in [-0.39, 0.29) is 76.1 Å². The maximum absolute atomic E-state index is 17.3. The van der Waals surface area contributed by atoms with Crippen LogP contribution in [0.1, 0.15) is 36.0 Å². The van der Waals surface area contributed by atoms with Crippen LogP contribution in [0.15, 0.2) is 36.0 Å². The molecule has 0 aliphatic carbocycles. The summed E-state index contributed by atoms with van der Waals surface area (Å²) in [7, 11) is 0. The molecule has 3 aliphatic heterocycles. The molecule has 2 fully saturated rings. The van der Waals surface area contributed by atoms with Gasteiger partial charge in [0, 0.05) is 35.2 Å². The lowest BCUT2D eigenvalue weighted by molar-refractivity contribution is -0.138. The number of nitrogens with two attached hydrogens (primary N) is 2. The predicted molar refractivity (Wildman–Crippen MR) is 182 cm³/mol. The minimum Gasteiger partial charge on any atom is -0.490 e. The lowest BCUT2D eigenvalue weighted by Gasteiger charge is -2.31. The number of hydrogen-bond donors (Lipinski definition) is 2. The molecule has 54 heavy (non-hydrogen) atoms. The summed E-state index contributed by atoms with van der Waals surface area (Å²) < 4.78 is 132. The van der Waals surface area contributed by atoms with Crippen LogP contribution in [0.4, 0.5) is 51.8 Å². The topological polar surface area (TPSA) is 139 Å². The van der Waals surface area contributed by atoms with Gasteiger partial charge < -0.3 is 25.8 Å². The van der Waals surface area contributed by atoms with Gasteiger partial charge in [-0.1, -0.05) is 6.07 Å². The zero-order valence-electron chi connectivity index (χ0n) is 27.8. The first-order chi connectivity index (χ1) is 25.7. The molecule has 10 nitrogen and oxygen atoms in total. The summed E-state index contributed by atoms with van der Waals surface area (Å²) in [5.74, 6) is -4.39. The van der Waals surface area contributed by atoms with Crippen molar-refractivity contribution in [3.8, 4) is 29.0 Å². The number of pyridine rings is 1. The van der Waals surface area contributed by atoms with E-state index in [1.807, 2.05) is 4.90 Å². The quantitative estimate of drug-likeness (QED) is 0.166. The SMILES string of the molecule is N#Cc1c(N)sc2c(F)ccc(-c3c(C(F)(F)F)c4c5c(nc(OCC67CCCN6CC(=C(F)F)C7)nc5c3F)N(Cc3cc(F)cnc3N)CCO4)c12. The molecule has 0 saturated carbocycles. The summed E-state index contributed by atoms with van der Waals surface area (Å²) in [6.07, 6.45) is -5.05. The van der Waals surface area contributed by atoms with Crippen LogP contribution in [0.5, 0.6) is 11.8 Å². The number of fused-ring (bicyclic) bond motifs is 2. The maximum atomic E-state index is 17.3. The zero-order valence-corrected chi connectivity index (χ0v) is 28.6. The number of nitrogen functional groups attached to an aromatic ring is 2. The van der Waals surface area contributed by atoms with Crippen molar-refractivity contribution in [2.45, 2.75) is 37.5 Å². The molecule has 1 unspecified atom stereocenters. The Labute approximate surface area is 304 Å². The Hall–Kier alpha value is -5.48. The van der Waals surface area contributed by atoms with E-state index >= 15 is 22.0 Å². The molecule has 3 aromatic heterocycles. The molecule has 2 saturated heterocycles. The molecular weight excluding hydrogens is 748 g/mol. The van der Waals surface area contributed by atoms with Crippen molar-refractivity contribution in [1.82, 2.24) is 19.9 Å². The van der Waals surface area contributed by atoms with Crippen LogP contribution in [0.2, 0.25) is 0 Å². The number of alkyl halides is 3. The Morgan fingerprint density at radius 1 is 1.11 bits per heavy atom. The van der Waals surface area contributed by atoms with Crippen molar-refractivity contribution >= 4 is 49.0 Å². The third-order valence-electron chi connectivity index (χ3n) is 10.1. The van der Waals surface area contributed by atoms with Crippen molar-refractivity contribution in [1.29, 1.82) is 5.26 Å². The second kappa shape index (κ2) is 12.8. The Morgan fingerprint density at radius 3 is 2.65 bits per heavy atom. The van der Waals surface area contributed by atoms with Crippen LogP contribution in [0.3, 0.4) is 0 Å². The third-order valence-corrected chi connectivity index (χ3v) is 11.1. The van der Waals surface area contributed by atoms with E-state index in [1.165, 1.54) is 4.90 Å². The molecule has 0 radical (unpaired) electrons. The van der Waals surface area contributed by atoms with Crippen molar-refractivity contribution in [3.05, 3.63) is 70.2 Å². The van der Waals surface area contributed by atoms with Gasteiger partial charge in [-0.15, -0.1) is 11.3 Å². The summed E-state index contributed by atoms with van der Waals surface area (Å²) in [6, 6.07) is 4.13.